The molecule has 0 fully saturated rings. The highest BCUT2D eigenvalue weighted by Crippen LogP contribution is 2.34. The van der Waals surface area contributed by atoms with E-state index in [1.165, 1.54) is 6.07 Å². The van der Waals surface area contributed by atoms with E-state index >= 15 is 0 Å². The quantitative estimate of drug-likeness (QED) is 0.661. The molecule has 0 aliphatic heterocycles. The number of rotatable bonds is 2. The lowest BCUT2D eigenvalue weighted by atomic mass is 10.1. The van der Waals surface area contributed by atoms with Crippen LogP contribution in [0.5, 0.6) is 0 Å². The van der Waals surface area contributed by atoms with Crippen LogP contribution in [-0.4, -0.2) is 10.9 Å². The normalized spacial score (nSPS) is 11.2. The van der Waals surface area contributed by atoms with E-state index in [1.807, 2.05) is 0 Å². The average Bonchev–Trinajstić information content (AvgIpc) is 2.40. The van der Waals surface area contributed by atoms with E-state index in [2.05, 4.69) is 10.3 Å². The molecule has 8 heteroatoms. The largest absolute Gasteiger partial charge is 0.418 e. The molecule has 2 aromatic rings. The van der Waals surface area contributed by atoms with Gasteiger partial charge in [-0.1, -0.05) is 0 Å². The van der Waals surface area contributed by atoms with Crippen molar-refractivity contribution in [3.05, 3.63) is 53.5 Å². The number of hydrogen-bond acceptors (Lipinski definition) is 3. The summed E-state index contributed by atoms with van der Waals surface area (Å²) in [5.74, 6) is -1.38. The van der Waals surface area contributed by atoms with Crippen LogP contribution in [0.1, 0.15) is 15.9 Å². The van der Waals surface area contributed by atoms with Gasteiger partial charge in [-0.15, -0.1) is 0 Å². The molecule has 1 heterocycles. The number of nitrogens with zero attached hydrogens (tertiary/aromatic N) is 1. The van der Waals surface area contributed by atoms with E-state index in [0.29, 0.717) is 6.07 Å². The summed E-state index contributed by atoms with van der Waals surface area (Å²) in [7, 11) is 0. The van der Waals surface area contributed by atoms with E-state index in [4.69, 9.17) is 5.73 Å². The molecule has 0 bridgehead atoms. The number of carbonyl (C=O) groups excluding carboxylic acids is 1. The lowest BCUT2D eigenvalue weighted by molar-refractivity contribution is -0.136. The summed E-state index contributed by atoms with van der Waals surface area (Å²) in [6.45, 7) is 0. The lowest BCUT2D eigenvalue weighted by Crippen LogP contribution is -2.16. The Morgan fingerprint density at radius 2 is 1.90 bits per heavy atom. The van der Waals surface area contributed by atoms with Crippen molar-refractivity contribution in [1.82, 2.24) is 4.98 Å². The summed E-state index contributed by atoms with van der Waals surface area (Å²) in [4.78, 5) is 15.4. The first-order chi connectivity index (χ1) is 9.77. The van der Waals surface area contributed by atoms with Gasteiger partial charge in [0.1, 0.15) is 11.6 Å². The van der Waals surface area contributed by atoms with Gasteiger partial charge in [0.25, 0.3) is 5.91 Å². The van der Waals surface area contributed by atoms with Crippen LogP contribution in [0.15, 0.2) is 36.5 Å². The third-order valence-corrected chi connectivity index (χ3v) is 2.59. The van der Waals surface area contributed by atoms with Gasteiger partial charge in [-0.3, -0.25) is 4.79 Å². The van der Waals surface area contributed by atoms with Gasteiger partial charge in [-0.25, -0.2) is 9.37 Å². The number of benzene rings is 1. The molecule has 0 atom stereocenters. The average molecular weight is 299 g/mol. The van der Waals surface area contributed by atoms with E-state index in [1.54, 1.807) is 0 Å². The fourth-order valence-electron chi connectivity index (χ4n) is 1.58. The van der Waals surface area contributed by atoms with Gasteiger partial charge in [-0.05, 0) is 30.3 Å². The number of pyridine rings is 1. The summed E-state index contributed by atoms with van der Waals surface area (Å²) >= 11 is 0. The number of nitrogen functional groups attached to an aromatic ring is 1. The van der Waals surface area contributed by atoms with Crippen molar-refractivity contribution in [3.8, 4) is 0 Å². The van der Waals surface area contributed by atoms with Crippen LogP contribution in [0.2, 0.25) is 0 Å². The zero-order valence-electron chi connectivity index (χ0n) is 10.4. The lowest BCUT2D eigenvalue weighted by Gasteiger charge is -2.11. The molecule has 0 unspecified atom stereocenters. The van der Waals surface area contributed by atoms with Crippen molar-refractivity contribution >= 4 is 17.4 Å². The third-order valence-electron chi connectivity index (χ3n) is 2.59. The minimum absolute atomic E-state index is 0.0202. The van der Waals surface area contributed by atoms with Crippen LogP contribution in [0, 0.1) is 5.82 Å². The Balaban J connectivity index is 2.25. The van der Waals surface area contributed by atoms with Gasteiger partial charge in [0.2, 0.25) is 0 Å². The molecule has 3 N–H and O–H groups in total. The summed E-state index contributed by atoms with van der Waals surface area (Å²) in [6, 6.07) is 5.05. The molecule has 0 spiro atoms. The van der Waals surface area contributed by atoms with Crippen molar-refractivity contribution in [3.63, 3.8) is 0 Å². The molecule has 0 radical (unpaired) electrons. The SMILES string of the molecule is Nc1ccc(C(=O)Nc2ccc(F)cn2)cc1C(F)(F)F. The van der Waals surface area contributed by atoms with Crippen LogP contribution >= 0.6 is 0 Å². The number of amides is 1. The third kappa shape index (κ3) is 3.47. The Morgan fingerprint density at radius 3 is 2.48 bits per heavy atom. The summed E-state index contributed by atoms with van der Waals surface area (Å²) in [6.07, 6.45) is -3.78. The Kier molecular flexibility index (Phi) is 3.79. The van der Waals surface area contributed by atoms with E-state index in [-0.39, 0.29) is 11.4 Å². The number of aromatic nitrogens is 1. The topological polar surface area (TPSA) is 68.0 Å². The number of hydrogen-bond donors (Lipinski definition) is 2. The van der Waals surface area contributed by atoms with E-state index in [0.717, 1.165) is 24.4 Å². The van der Waals surface area contributed by atoms with E-state index < -0.39 is 29.2 Å². The van der Waals surface area contributed by atoms with Crippen molar-refractivity contribution in [2.75, 3.05) is 11.1 Å². The number of halogens is 4. The molecule has 0 saturated heterocycles. The van der Waals surface area contributed by atoms with Crippen LogP contribution in [0.25, 0.3) is 0 Å². The molecule has 1 aromatic heterocycles. The standard InChI is InChI=1S/C13H9F4N3O/c14-8-2-4-11(19-6-8)20-12(21)7-1-3-10(18)9(5-7)13(15,16)17/h1-6H,18H2,(H,19,20,21). The smallest absolute Gasteiger partial charge is 0.398 e. The van der Waals surface area contributed by atoms with Crippen molar-refractivity contribution in [2.45, 2.75) is 6.18 Å². The molecule has 4 nitrogen and oxygen atoms in total. The second-order valence-corrected chi connectivity index (χ2v) is 4.12. The van der Waals surface area contributed by atoms with Crippen LogP contribution in [0.4, 0.5) is 29.1 Å². The molecule has 1 amide bonds. The fraction of sp³-hybridized carbons (Fsp3) is 0.0769. The van der Waals surface area contributed by atoms with Gasteiger partial charge in [0.15, 0.2) is 0 Å². The van der Waals surface area contributed by atoms with Crippen LogP contribution in [-0.2, 0) is 6.18 Å². The predicted molar refractivity (Wildman–Crippen MR) is 68.0 cm³/mol. The molecular formula is C13H9F4N3O. The second kappa shape index (κ2) is 5.39. The maximum atomic E-state index is 12.7. The number of alkyl halides is 3. The van der Waals surface area contributed by atoms with Gasteiger partial charge < -0.3 is 11.1 Å². The molecule has 0 aliphatic rings. The highest BCUT2D eigenvalue weighted by Gasteiger charge is 2.33. The number of nitrogens with one attached hydrogen (secondary N) is 1. The maximum absolute atomic E-state index is 12.7. The van der Waals surface area contributed by atoms with Crippen molar-refractivity contribution in [1.29, 1.82) is 0 Å². The molecule has 110 valence electrons. The number of anilines is 2. The minimum Gasteiger partial charge on any atom is -0.398 e. The maximum Gasteiger partial charge on any atom is 0.418 e. The molecule has 2 rings (SSSR count). The highest BCUT2D eigenvalue weighted by molar-refractivity contribution is 6.04. The summed E-state index contributed by atoms with van der Waals surface area (Å²) in [5, 5.41) is 2.26. The molecule has 1 aromatic carbocycles. The number of nitrogens with two attached hydrogens (primary N) is 1. The van der Waals surface area contributed by atoms with Crippen LogP contribution in [0.3, 0.4) is 0 Å². The summed E-state index contributed by atoms with van der Waals surface area (Å²) in [5.41, 5.74) is 3.44. The molecular weight excluding hydrogens is 290 g/mol. The zero-order valence-corrected chi connectivity index (χ0v) is 10.4. The first-order valence-electron chi connectivity index (χ1n) is 5.67. The molecule has 21 heavy (non-hydrogen) atoms. The zero-order chi connectivity index (χ0) is 15.6. The molecule has 0 aliphatic carbocycles. The van der Waals surface area contributed by atoms with Gasteiger partial charge in [0, 0.05) is 11.3 Å². The monoisotopic (exact) mass is 299 g/mol. The van der Waals surface area contributed by atoms with Crippen LogP contribution < -0.4 is 11.1 Å². The van der Waals surface area contributed by atoms with Gasteiger partial charge in [0.05, 0.1) is 11.8 Å². The Bertz CT molecular complexity index is 668. The Hall–Kier alpha value is -2.64. The fourth-order valence-corrected chi connectivity index (χ4v) is 1.58. The second-order valence-electron chi connectivity index (χ2n) is 4.12. The Morgan fingerprint density at radius 1 is 1.19 bits per heavy atom. The Labute approximate surface area is 116 Å². The highest BCUT2D eigenvalue weighted by atomic mass is 19.4. The predicted octanol–water partition coefficient (Wildman–Crippen LogP) is 3.07. The van der Waals surface area contributed by atoms with E-state index in [9.17, 15) is 22.4 Å². The first-order valence-corrected chi connectivity index (χ1v) is 5.67. The molecule has 0 saturated carbocycles. The first kappa shape index (κ1) is 14.8. The van der Waals surface area contributed by atoms with Gasteiger partial charge >= 0.3 is 6.18 Å². The van der Waals surface area contributed by atoms with Gasteiger partial charge in [-0.2, -0.15) is 13.2 Å². The van der Waals surface area contributed by atoms with Crippen molar-refractivity contribution in [2.24, 2.45) is 0 Å². The number of carbonyl (C=O) groups is 1. The summed E-state index contributed by atoms with van der Waals surface area (Å²) < 4.78 is 50.8. The van der Waals surface area contributed by atoms with Crippen molar-refractivity contribution < 1.29 is 22.4 Å². The minimum atomic E-state index is -4.66.